The van der Waals surface area contributed by atoms with Crippen molar-refractivity contribution in [1.82, 2.24) is 15.5 Å². The quantitative estimate of drug-likeness (QED) is 0.886. The standard InChI is InChI=1S/C10H14F3N3O/c11-10(12,13)5-8-15-9(17-16-8)4-7-2-1-3-14-6-7/h7,14H,1-6H2. The van der Waals surface area contributed by atoms with Gasteiger partial charge in [-0.15, -0.1) is 0 Å². The summed E-state index contributed by atoms with van der Waals surface area (Å²) in [4.78, 5) is 3.76. The highest BCUT2D eigenvalue weighted by Crippen LogP contribution is 2.20. The van der Waals surface area contributed by atoms with E-state index < -0.39 is 12.6 Å². The summed E-state index contributed by atoms with van der Waals surface area (Å²) in [5, 5.41) is 6.57. The predicted octanol–water partition coefficient (Wildman–Crippen LogP) is 1.72. The average Bonchev–Trinajstić information content (AvgIpc) is 2.64. The van der Waals surface area contributed by atoms with E-state index >= 15 is 0 Å². The molecule has 1 aliphatic heterocycles. The minimum atomic E-state index is -4.28. The highest BCUT2D eigenvalue weighted by atomic mass is 19.4. The lowest BCUT2D eigenvalue weighted by Gasteiger charge is -2.20. The van der Waals surface area contributed by atoms with Crippen LogP contribution in [-0.4, -0.2) is 29.4 Å². The monoisotopic (exact) mass is 249 g/mol. The number of rotatable bonds is 3. The van der Waals surface area contributed by atoms with Crippen LogP contribution in [0.4, 0.5) is 13.2 Å². The molecular formula is C10H14F3N3O. The second kappa shape index (κ2) is 5.03. The Hall–Kier alpha value is -1.11. The van der Waals surface area contributed by atoms with Gasteiger partial charge in [0.15, 0.2) is 5.82 Å². The second-order valence-electron chi connectivity index (χ2n) is 4.31. The summed E-state index contributed by atoms with van der Waals surface area (Å²) >= 11 is 0. The largest absolute Gasteiger partial charge is 0.396 e. The van der Waals surface area contributed by atoms with E-state index in [0.717, 1.165) is 25.9 Å². The fourth-order valence-corrected chi connectivity index (χ4v) is 1.97. The Bertz CT molecular complexity index is 358. The lowest BCUT2D eigenvalue weighted by atomic mass is 9.96. The van der Waals surface area contributed by atoms with Gasteiger partial charge in [-0.3, -0.25) is 0 Å². The van der Waals surface area contributed by atoms with Crippen molar-refractivity contribution >= 4 is 0 Å². The maximum absolute atomic E-state index is 12.1. The van der Waals surface area contributed by atoms with Crippen LogP contribution < -0.4 is 5.32 Å². The van der Waals surface area contributed by atoms with Gasteiger partial charge >= 0.3 is 6.18 Å². The Labute approximate surface area is 96.6 Å². The van der Waals surface area contributed by atoms with Gasteiger partial charge in [-0.2, -0.15) is 18.2 Å². The fourth-order valence-electron chi connectivity index (χ4n) is 1.97. The molecule has 0 radical (unpaired) electrons. The number of piperidine rings is 1. The molecule has 1 aliphatic rings. The molecule has 17 heavy (non-hydrogen) atoms. The Morgan fingerprint density at radius 1 is 1.41 bits per heavy atom. The van der Waals surface area contributed by atoms with Crippen LogP contribution in [0.2, 0.25) is 0 Å². The van der Waals surface area contributed by atoms with Gasteiger partial charge in [-0.1, -0.05) is 5.16 Å². The molecule has 4 nitrogen and oxygen atoms in total. The number of hydrogen-bond donors (Lipinski definition) is 1. The molecule has 1 atom stereocenters. The molecule has 96 valence electrons. The topological polar surface area (TPSA) is 51.0 Å². The van der Waals surface area contributed by atoms with Gasteiger partial charge in [0.1, 0.15) is 6.42 Å². The van der Waals surface area contributed by atoms with E-state index in [1.54, 1.807) is 0 Å². The highest BCUT2D eigenvalue weighted by molar-refractivity contribution is 4.90. The van der Waals surface area contributed by atoms with E-state index in [9.17, 15) is 13.2 Å². The highest BCUT2D eigenvalue weighted by Gasteiger charge is 2.30. The smallest absolute Gasteiger partial charge is 0.339 e. The van der Waals surface area contributed by atoms with Crippen molar-refractivity contribution < 1.29 is 17.7 Å². The van der Waals surface area contributed by atoms with Gasteiger partial charge in [0.2, 0.25) is 5.89 Å². The van der Waals surface area contributed by atoms with Crippen LogP contribution >= 0.6 is 0 Å². The lowest BCUT2D eigenvalue weighted by molar-refractivity contribution is -0.128. The minimum absolute atomic E-state index is 0.281. The summed E-state index contributed by atoms with van der Waals surface area (Å²) in [6, 6.07) is 0. The van der Waals surface area contributed by atoms with Crippen LogP contribution in [0.15, 0.2) is 4.52 Å². The molecule has 2 heterocycles. The molecular weight excluding hydrogens is 235 g/mol. The molecule has 0 aromatic carbocycles. The van der Waals surface area contributed by atoms with Gasteiger partial charge in [-0.25, -0.2) is 0 Å². The molecule has 0 aliphatic carbocycles. The zero-order valence-electron chi connectivity index (χ0n) is 9.26. The number of nitrogens with zero attached hydrogens (tertiary/aromatic N) is 2. The maximum Gasteiger partial charge on any atom is 0.396 e. The first kappa shape index (κ1) is 12.3. The molecule has 7 heteroatoms. The fraction of sp³-hybridized carbons (Fsp3) is 0.800. The van der Waals surface area contributed by atoms with Crippen molar-refractivity contribution in [2.45, 2.75) is 31.9 Å². The van der Waals surface area contributed by atoms with Crippen LogP contribution in [0.25, 0.3) is 0 Å². The molecule has 0 spiro atoms. The van der Waals surface area contributed by atoms with Crippen LogP contribution in [0.3, 0.4) is 0 Å². The number of nitrogens with one attached hydrogen (secondary N) is 1. The van der Waals surface area contributed by atoms with E-state index in [1.807, 2.05) is 0 Å². The summed E-state index contributed by atoms with van der Waals surface area (Å²) < 4.78 is 41.1. The molecule has 1 N–H and O–H groups in total. The van der Waals surface area contributed by atoms with Crippen LogP contribution in [0.1, 0.15) is 24.6 Å². The summed E-state index contributed by atoms with van der Waals surface area (Å²) in [5.41, 5.74) is 0. The average molecular weight is 249 g/mol. The van der Waals surface area contributed by atoms with Crippen LogP contribution in [-0.2, 0) is 12.8 Å². The van der Waals surface area contributed by atoms with Gasteiger partial charge in [0.25, 0.3) is 0 Å². The van der Waals surface area contributed by atoms with Gasteiger partial charge < -0.3 is 9.84 Å². The van der Waals surface area contributed by atoms with Crippen molar-refractivity contribution in [3.8, 4) is 0 Å². The molecule has 1 saturated heterocycles. The first-order valence-electron chi connectivity index (χ1n) is 5.62. The molecule has 2 rings (SSSR count). The summed E-state index contributed by atoms with van der Waals surface area (Å²) in [7, 11) is 0. The molecule has 1 aromatic heterocycles. The molecule has 1 aromatic rings. The van der Waals surface area contributed by atoms with Crippen molar-refractivity contribution in [1.29, 1.82) is 0 Å². The summed E-state index contributed by atoms with van der Waals surface area (Å²) in [6.07, 6.45) is -2.73. The first-order valence-corrected chi connectivity index (χ1v) is 5.62. The lowest BCUT2D eigenvalue weighted by Crippen LogP contribution is -2.30. The van der Waals surface area contributed by atoms with Crippen LogP contribution in [0.5, 0.6) is 0 Å². The van der Waals surface area contributed by atoms with Crippen molar-refractivity contribution in [2.75, 3.05) is 13.1 Å². The van der Waals surface area contributed by atoms with Crippen molar-refractivity contribution in [2.24, 2.45) is 5.92 Å². The molecule has 1 fully saturated rings. The number of aromatic nitrogens is 2. The zero-order chi connectivity index (χ0) is 12.3. The Kier molecular flexibility index (Phi) is 3.66. The van der Waals surface area contributed by atoms with Gasteiger partial charge in [0.05, 0.1) is 0 Å². The van der Waals surface area contributed by atoms with E-state index in [-0.39, 0.29) is 5.82 Å². The normalized spacial score (nSPS) is 21.7. The van der Waals surface area contributed by atoms with Gasteiger partial charge in [0, 0.05) is 6.42 Å². The third kappa shape index (κ3) is 3.99. The minimum Gasteiger partial charge on any atom is -0.339 e. The SMILES string of the molecule is FC(F)(F)Cc1noc(CC2CCCNC2)n1. The third-order valence-corrected chi connectivity index (χ3v) is 2.73. The molecule has 0 bridgehead atoms. The number of halogens is 3. The van der Waals surface area contributed by atoms with Crippen molar-refractivity contribution in [3.05, 3.63) is 11.7 Å². The zero-order valence-corrected chi connectivity index (χ0v) is 9.26. The van der Waals surface area contributed by atoms with E-state index in [0.29, 0.717) is 18.2 Å². The van der Waals surface area contributed by atoms with E-state index in [2.05, 4.69) is 15.5 Å². The van der Waals surface area contributed by atoms with Crippen LogP contribution in [0, 0.1) is 5.92 Å². The first-order chi connectivity index (χ1) is 8.03. The number of alkyl halides is 3. The Morgan fingerprint density at radius 2 is 2.24 bits per heavy atom. The Morgan fingerprint density at radius 3 is 2.88 bits per heavy atom. The van der Waals surface area contributed by atoms with E-state index in [4.69, 9.17) is 4.52 Å². The summed E-state index contributed by atoms with van der Waals surface area (Å²) in [5.74, 6) is 0.400. The molecule has 0 amide bonds. The van der Waals surface area contributed by atoms with E-state index in [1.165, 1.54) is 0 Å². The predicted molar refractivity (Wildman–Crippen MR) is 53.4 cm³/mol. The maximum atomic E-state index is 12.1. The number of hydrogen-bond acceptors (Lipinski definition) is 4. The molecule has 1 unspecified atom stereocenters. The van der Waals surface area contributed by atoms with Crippen molar-refractivity contribution in [3.63, 3.8) is 0 Å². The second-order valence-corrected chi connectivity index (χ2v) is 4.31. The van der Waals surface area contributed by atoms with Gasteiger partial charge in [-0.05, 0) is 31.8 Å². The summed E-state index contributed by atoms with van der Waals surface area (Å²) in [6.45, 7) is 1.86. The molecule has 0 saturated carbocycles. The Balaban J connectivity index is 1.89. The third-order valence-electron chi connectivity index (χ3n) is 2.73.